The molecule has 0 aromatic heterocycles. The average Bonchev–Trinajstić information content (AvgIpc) is 3.30. The van der Waals surface area contributed by atoms with E-state index >= 15 is 0 Å². The zero-order chi connectivity index (χ0) is 47.4. The second-order valence-corrected chi connectivity index (χ2v) is 20.4. The van der Waals surface area contributed by atoms with Crippen molar-refractivity contribution in [2.24, 2.45) is 0 Å². The third-order valence-electron chi connectivity index (χ3n) is 13.8. The monoisotopic (exact) mass is 918 g/mol. The van der Waals surface area contributed by atoms with Crippen LogP contribution in [0.4, 0.5) is 0 Å². The first-order valence-corrected chi connectivity index (χ1v) is 29.4. The van der Waals surface area contributed by atoms with E-state index in [9.17, 15) is 19.8 Å². The molecule has 0 saturated carbocycles. The summed E-state index contributed by atoms with van der Waals surface area (Å²) in [6.07, 6.45) is 61.3. The Labute approximate surface area is 406 Å². The van der Waals surface area contributed by atoms with Crippen molar-refractivity contribution in [1.29, 1.82) is 0 Å². The molecule has 386 valence electrons. The SMILES string of the molecule is CCCCCCCC/C=C/CCCCCCCCCC(=O)OC(CCCCCCCCCCCCCCCCC)CC(=O)NC(CO)C(O)CCCCCCCCCCCCCCCC. The van der Waals surface area contributed by atoms with Crippen LogP contribution in [0.5, 0.6) is 0 Å². The Morgan fingerprint density at radius 2 is 0.738 bits per heavy atom. The van der Waals surface area contributed by atoms with Gasteiger partial charge in [0.1, 0.15) is 6.10 Å². The average molecular weight is 919 g/mol. The van der Waals surface area contributed by atoms with Crippen LogP contribution in [0, 0.1) is 0 Å². The first kappa shape index (κ1) is 63.6. The summed E-state index contributed by atoms with van der Waals surface area (Å²) < 4.78 is 5.97. The quantitative estimate of drug-likeness (QED) is 0.0321. The summed E-state index contributed by atoms with van der Waals surface area (Å²) in [5, 5.41) is 23.9. The predicted octanol–water partition coefficient (Wildman–Crippen LogP) is 18.1. The lowest BCUT2D eigenvalue weighted by Crippen LogP contribution is -2.46. The van der Waals surface area contributed by atoms with Crippen LogP contribution in [-0.2, 0) is 14.3 Å². The molecular weight excluding hydrogens is 803 g/mol. The van der Waals surface area contributed by atoms with Gasteiger partial charge in [-0.15, -0.1) is 0 Å². The van der Waals surface area contributed by atoms with E-state index in [2.05, 4.69) is 38.2 Å². The van der Waals surface area contributed by atoms with Crippen molar-refractivity contribution in [3.63, 3.8) is 0 Å². The number of hydrogen-bond donors (Lipinski definition) is 3. The number of aliphatic hydroxyl groups excluding tert-OH is 2. The van der Waals surface area contributed by atoms with Gasteiger partial charge in [-0.05, 0) is 51.4 Å². The minimum Gasteiger partial charge on any atom is -0.462 e. The summed E-state index contributed by atoms with van der Waals surface area (Å²) in [6.45, 7) is 6.53. The van der Waals surface area contributed by atoms with Gasteiger partial charge in [0.15, 0.2) is 0 Å². The highest BCUT2D eigenvalue weighted by Gasteiger charge is 2.24. The predicted molar refractivity (Wildman–Crippen MR) is 283 cm³/mol. The molecule has 0 aromatic carbocycles. The largest absolute Gasteiger partial charge is 0.462 e. The highest BCUT2D eigenvalue weighted by molar-refractivity contribution is 5.77. The van der Waals surface area contributed by atoms with Gasteiger partial charge < -0.3 is 20.3 Å². The van der Waals surface area contributed by atoms with Crippen molar-refractivity contribution in [2.75, 3.05) is 6.61 Å². The number of unbranched alkanes of at least 4 members (excludes halogenated alkanes) is 40. The second-order valence-electron chi connectivity index (χ2n) is 20.4. The van der Waals surface area contributed by atoms with E-state index in [1.165, 1.54) is 238 Å². The van der Waals surface area contributed by atoms with Crippen molar-refractivity contribution >= 4 is 11.9 Å². The lowest BCUT2D eigenvalue weighted by atomic mass is 10.0. The van der Waals surface area contributed by atoms with Crippen molar-refractivity contribution < 1.29 is 24.5 Å². The molecule has 0 bridgehead atoms. The number of aliphatic hydroxyl groups is 2. The lowest BCUT2D eigenvalue weighted by Gasteiger charge is -2.24. The first-order chi connectivity index (χ1) is 32.0. The van der Waals surface area contributed by atoms with E-state index in [4.69, 9.17) is 4.74 Å². The van der Waals surface area contributed by atoms with Crippen LogP contribution in [0.2, 0.25) is 0 Å². The molecule has 0 aliphatic rings. The molecule has 0 heterocycles. The van der Waals surface area contributed by atoms with Crippen molar-refractivity contribution in [3.05, 3.63) is 12.2 Å². The molecule has 0 radical (unpaired) electrons. The third kappa shape index (κ3) is 48.9. The Morgan fingerprint density at radius 3 is 1.09 bits per heavy atom. The first-order valence-electron chi connectivity index (χ1n) is 29.4. The molecule has 0 saturated heterocycles. The molecule has 3 atom stereocenters. The highest BCUT2D eigenvalue weighted by atomic mass is 16.5. The highest BCUT2D eigenvalue weighted by Crippen LogP contribution is 2.19. The van der Waals surface area contributed by atoms with E-state index in [1.54, 1.807) is 0 Å². The molecule has 0 fully saturated rings. The minimum atomic E-state index is -0.783. The number of carbonyl (C=O) groups is 2. The van der Waals surface area contributed by atoms with E-state index < -0.39 is 18.2 Å². The van der Waals surface area contributed by atoms with Gasteiger partial charge in [0, 0.05) is 6.42 Å². The molecule has 6 nitrogen and oxygen atoms in total. The van der Waals surface area contributed by atoms with Gasteiger partial charge in [-0.1, -0.05) is 277 Å². The topological polar surface area (TPSA) is 95.9 Å². The molecule has 0 aliphatic carbocycles. The van der Waals surface area contributed by atoms with E-state index in [-0.39, 0.29) is 24.9 Å². The van der Waals surface area contributed by atoms with Crippen molar-refractivity contribution in [3.8, 4) is 0 Å². The standard InChI is InChI=1S/C59H115NO5/c1-4-7-10-13-16-19-22-25-28-29-31-34-37-40-43-46-49-52-59(64)65-55(50-47-44-41-38-35-32-30-26-23-20-17-14-11-8-5-2)53-58(63)60-56(54-61)57(62)51-48-45-42-39-36-33-27-24-21-18-15-12-9-6-3/h25,28,55-57,61-62H,4-24,26-27,29-54H2,1-3H3,(H,60,63)/b28-25+. The van der Waals surface area contributed by atoms with Crippen LogP contribution in [0.3, 0.4) is 0 Å². The summed E-state index contributed by atoms with van der Waals surface area (Å²) in [5.41, 5.74) is 0. The molecule has 3 N–H and O–H groups in total. The maximum atomic E-state index is 13.3. The Balaban J connectivity index is 4.51. The molecule has 0 aliphatic heterocycles. The second kappa shape index (κ2) is 53.6. The molecular formula is C59H115NO5. The smallest absolute Gasteiger partial charge is 0.306 e. The van der Waals surface area contributed by atoms with Crippen LogP contribution in [0.1, 0.15) is 329 Å². The van der Waals surface area contributed by atoms with E-state index in [1.807, 2.05) is 0 Å². The zero-order valence-electron chi connectivity index (χ0n) is 44.2. The van der Waals surface area contributed by atoms with Crippen molar-refractivity contribution in [1.82, 2.24) is 5.32 Å². The van der Waals surface area contributed by atoms with Gasteiger partial charge in [-0.3, -0.25) is 9.59 Å². The Hall–Kier alpha value is -1.40. The molecule has 0 spiro atoms. The normalized spacial score (nSPS) is 13.1. The van der Waals surface area contributed by atoms with Gasteiger partial charge >= 0.3 is 5.97 Å². The molecule has 0 rings (SSSR count). The fourth-order valence-electron chi connectivity index (χ4n) is 9.37. The maximum absolute atomic E-state index is 13.3. The molecule has 3 unspecified atom stereocenters. The number of allylic oxidation sites excluding steroid dienone is 2. The minimum absolute atomic E-state index is 0.0840. The maximum Gasteiger partial charge on any atom is 0.306 e. The van der Waals surface area contributed by atoms with Gasteiger partial charge in [-0.2, -0.15) is 0 Å². The van der Waals surface area contributed by atoms with E-state index in [0.29, 0.717) is 19.3 Å². The van der Waals surface area contributed by atoms with Gasteiger partial charge in [-0.25, -0.2) is 0 Å². The Bertz CT molecular complexity index is 986. The van der Waals surface area contributed by atoms with E-state index in [0.717, 1.165) is 44.9 Å². The molecule has 6 heteroatoms. The number of esters is 1. The number of rotatable bonds is 54. The fourth-order valence-corrected chi connectivity index (χ4v) is 9.37. The van der Waals surface area contributed by atoms with Crippen LogP contribution in [0.25, 0.3) is 0 Å². The molecule has 0 aromatic rings. The Kier molecular flexibility index (Phi) is 52.4. The number of carbonyl (C=O) groups excluding carboxylic acids is 2. The summed E-state index contributed by atoms with van der Waals surface area (Å²) in [7, 11) is 0. The molecule has 65 heavy (non-hydrogen) atoms. The molecule has 1 amide bonds. The van der Waals surface area contributed by atoms with Gasteiger partial charge in [0.25, 0.3) is 0 Å². The number of hydrogen-bond acceptors (Lipinski definition) is 5. The van der Waals surface area contributed by atoms with Crippen LogP contribution < -0.4 is 5.32 Å². The number of nitrogens with one attached hydrogen (secondary N) is 1. The summed E-state index contributed by atoms with van der Waals surface area (Å²) in [6, 6.07) is -0.696. The van der Waals surface area contributed by atoms with Gasteiger partial charge in [0.05, 0.1) is 25.2 Å². The fraction of sp³-hybridized carbons (Fsp3) is 0.932. The number of ether oxygens (including phenoxy) is 1. The van der Waals surface area contributed by atoms with Crippen LogP contribution in [0.15, 0.2) is 12.2 Å². The summed E-state index contributed by atoms with van der Waals surface area (Å²) >= 11 is 0. The van der Waals surface area contributed by atoms with Crippen molar-refractivity contribution in [2.45, 2.75) is 347 Å². The zero-order valence-corrected chi connectivity index (χ0v) is 44.2. The summed E-state index contributed by atoms with van der Waals surface area (Å²) in [4.78, 5) is 26.3. The third-order valence-corrected chi connectivity index (χ3v) is 13.8. The number of amides is 1. The summed E-state index contributed by atoms with van der Waals surface area (Å²) in [5.74, 6) is -0.454. The van der Waals surface area contributed by atoms with Crippen LogP contribution >= 0.6 is 0 Å². The van der Waals surface area contributed by atoms with Crippen LogP contribution in [-0.4, -0.2) is 46.9 Å². The Morgan fingerprint density at radius 1 is 0.431 bits per heavy atom. The van der Waals surface area contributed by atoms with Gasteiger partial charge in [0.2, 0.25) is 5.91 Å². The lowest BCUT2D eigenvalue weighted by molar-refractivity contribution is -0.151.